The Morgan fingerprint density at radius 1 is 1.04 bits per heavy atom. The van der Waals surface area contributed by atoms with Crippen LogP contribution in [0.2, 0.25) is 0 Å². The molecule has 2 amide bonds. The van der Waals surface area contributed by atoms with Crippen molar-refractivity contribution in [3.63, 3.8) is 0 Å². The average Bonchev–Trinajstić information content (AvgIpc) is 2.74. The van der Waals surface area contributed by atoms with Gasteiger partial charge in [-0.25, -0.2) is 0 Å². The molecule has 0 aromatic heterocycles. The first-order chi connectivity index (χ1) is 13.6. The summed E-state index contributed by atoms with van der Waals surface area (Å²) in [6.45, 7) is 5.34. The van der Waals surface area contributed by atoms with Gasteiger partial charge in [0, 0.05) is 13.1 Å². The number of carbonyl (C=O) groups is 2. The van der Waals surface area contributed by atoms with Gasteiger partial charge in [-0.15, -0.1) is 0 Å². The summed E-state index contributed by atoms with van der Waals surface area (Å²) in [7, 11) is 0. The highest BCUT2D eigenvalue weighted by atomic mass is 16.5. The summed E-state index contributed by atoms with van der Waals surface area (Å²) in [4.78, 5) is 27.4. The molecule has 5 nitrogen and oxygen atoms in total. The largest absolute Gasteiger partial charge is 0.481 e. The molecular weight excluding hydrogens is 352 g/mol. The molecule has 1 fully saturated rings. The summed E-state index contributed by atoms with van der Waals surface area (Å²) in [5.74, 6) is 0.343. The number of rotatable bonds is 6. The molecule has 0 aliphatic carbocycles. The summed E-state index contributed by atoms with van der Waals surface area (Å²) in [6, 6.07) is 14.9. The van der Waals surface area contributed by atoms with Gasteiger partial charge in [-0.2, -0.15) is 0 Å². The van der Waals surface area contributed by atoms with Crippen molar-refractivity contribution in [2.75, 3.05) is 18.4 Å². The standard InChI is InChI=1S/C23H28N2O3/c1-3-18-11-13-19(14-12-18)28-17(2)22(26)24-21-10-6-5-9-20(21)23(27)25-15-7-4-8-16-25/h5-6,9-14,17H,3-4,7-8,15-16H2,1-2H3,(H,24,26)/t17-/m0/s1. The van der Waals surface area contributed by atoms with E-state index in [1.807, 2.05) is 41.3 Å². The fraction of sp³-hybridized carbons (Fsp3) is 0.391. The van der Waals surface area contributed by atoms with Crippen LogP contribution in [0.4, 0.5) is 5.69 Å². The van der Waals surface area contributed by atoms with Crippen LogP contribution in [-0.2, 0) is 11.2 Å². The Labute approximate surface area is 166 Å². The van der Waals surface area contributed by atoms with Crippen LogP contribution in [0.25, 0.3) is 0 Å². The minimum Gasteiger partial charge on any atom is -0.481 e. The van der Waals surface area contributed by atoms with Crippen molar-refractivity contribution in [2.45, 2.75) is 45.6 Å². The fourth-order valence-electron chi connectivity index (χ4n) is 3.34. The van der Waals surface area contributed by atoms with Crippen LogP contribution in [0.15, 0.2) is 48.5 Å². The maximum absolute atomic E-state index is 12.9. The van der Waals surface area contributed by atoms with Crippen molar-refractivity contribution >= 4 is 17.5 Å². The quantitative estimate of drug-likeness (QED) is 0.814. The number of piperidine rings is 1. The molecular formula is C23H28N2O3. The van der Waals surface area contributed by atoms with Gasteiger partial charge in [-0.1, -0.05) is 31.2 Å². The van der Waals surface area contributed by atoms with Crippen LogP contribution in [0, 0.1) is 0 Å². The van der Waals surface area contributed by atoms with E-state index in [1.165, 1.54) is 5.56 Å². The molecule has 0 radical (unpaired) electrons. The predicted molar refractivity (Wildman–Crippen MR) is 111 cm³/mol. The Bertz CT molecular complexity index is 811. The van der Waals surface area contributed by atoms with Crippen LogP contribution >= 0.6 is 0 Å². The number of aryl methyl sites for hydroxylation is 1. The molecule has 2 aromatic rings. The highest BCUT2D eigenvalue weighted by Gasteiger charge is 2.22. The number of benzene rings is 2. The first kappa shape index (κ1) is 19.9. The van der Waals surface area contributed by atoms with Crippen molar-refractivity contribution in [3.8, 4) is 5.75 Å². The Kier molecular flexibility index (Phi) is 6.69. The molecule has 1 saturated heterocycles. The summed E-state index contributed by atoms with van der Waals surface area (Å²) in [5.41, 5.74) is 2.27. The number of likely N-dealkylation sites (tertiary alicyclic amines) is 1. The lowest BCUT2D eigenvalue weighted by atomic mass is 10.1. The number of hydrogen-bond donors (Lipinski definition) is 1. The molecule has 2 aromatic carbocycles. The Hall–Kier alpha value is -2.82. The molecule has 0 spiro atoms. The van der Waals surface area contributed by atoms with Crippen LogP contribution in [0.5, 0.6) is 5.75 Å². The normalized spacial score (nSPS) is 15.0. The third-order valence-corrected chi connectivity index (χ3v) is 5.07. The maximum Gasteiger partial charge on any atom is 0.265 e. The third-order valence-electron chi connectivity index (χ3n) is 5.07. The highest BCUT2D eigenvalue weighted by Crippen LogP contribution is 2.21. The predicted octanol–water partition coefficient (Wildman–Crippen LogP) is 4.28. The van der Waals surface area contributed by atoms with Crippen LogP contribution in [-0.4, -0.2) is 35.9 Å². The SMILES string of the molecule is CCc1ccc(O[C@@H](C)C(=O)Nc2ccccc2C(=O)N2CCCCC2)cc1. The Morgan fingerprint density at radius 2 is 1.71 bits per heavy atom. The molecule has 0 bridgehead atoms. The van der Waals surface area contributed by atoms with Gasteiger partial charge in [-0.05, 0) is 62.4 Å². The third kappa shape index (κ3) is 4.91. The lowest BCUT2D eigenvalue weighted by Crippen LogP contribution is -2.36. The second-order valence-corrected chi connectivity index (χ2v) is 7.15. The van der Waals surface area contributed by atoms with E-state index in [0.717, 1.165) is 38.8 Å². The van der Waals surface area contributed by atoms with Gasteiger partial charge in [-0.3, -0.25) is 9.59 Å². The van der Waals surface area contributed by atoms with Crippen molar-refractivity contribution < 1.29 is 14.3 Å². The zero-order chi connectivity index (χ0) is 19.9. The molecule has 148 valence electrons. The van der Waals surface area contributed by atoms with Gasteiger partial charge >= 0.3 is 0 Å². The number of para-hydroxylation sites is 1. The second-order valence-electron chi connectivity index (χ2n) is 7.15. The Morgan fingerprint density at radius 3 is 2.39 bits per heavy atom. The second kappa shape index (κ2) is 9.40. The van der Waals surface area contributed by atoms with Crippen LogP contribution in [0.1, 0.15) is 49.0 Å². The van der Waals surface area contributed by atoms with Gasteiger partial charge in [0.05, 0.1) is 11.3 Å². The molecule has 1 atom stereocenters. The number of nitrogens with zero attached hydrogens (tertiary/aromatic N) is 1. The number of hydrogen-bond acceptors (Lipinski definition) is 3. The summed E-state index contributed by atoms with van der Waals surface area (Å²) >= 11 is 0. The van der Waals surface area contributed by atoms with Crippen molar-refractivity contribution in [1.82, 2.24) is 4.90 Å². The minimum atomic E-state index is -0.675. The van der Waals surface area contributed by atoms with Gasteiger partial charge in [0.15, 0.2) is 6.10 Å². The molecule has 0 unspecified atom stereocenters. The number of carbonyl (C=O) groups excluding carboxylic acids is 2. The minimum absolute atomic E-state index is 0.0284. The van der Waals surface area contributed by atoms with E-state index >= 15 is 0 Å². The van der Waals surface area contributed by atoms with Crippen LogP contribution < -0.4 is 10.1 Å². The monoisotopic (exact) mass is 380 g/mol. The molecule has 3 rings (SSSR count). The summed E-state index contributed by atoms with van der Waals surface area (Å²) in [5, 5.41) is 2.86. The van der Waals surface area contributed by atoms with Crippen molar-refractivity contribution in [2.24, 2.45) is 0 Å². The van der Waals surface area contributed by atoms with Gasteiger partial charge in [0.25, 0.3) is 11.8 Å². The number of ether oxygens (including phenoxy) is 1. The fourth-order valence-corrected chi connectivity index (χ4v) is 3.34. The molecule has 1 heterocycles. The van der Waals surface area contributed by atoms with Crippen molar-refractivity contribution in [3.05, 3.63) is 59.7 Å². The zero-order valence-corrected chi connectivity index (χ0v) is 16.6. The van der Waals surface area contributed by atoms with Crippen molar-refractivity contribution in [1.29, 1.82) is 0 Å². The van der Waals surface area contributed by atoms with E-state index < -0.39 is 6.10 Å². The van der Waals surface area contributed by atoms with E-state index in [2.05, 4.69) is 12.2 Å². The zero-order valence-electron chi connectivity index (χ0n) is 16.6. The number of amides is 2. The molecule has 1 aliphatic heterocycles. The van der Waals surface area contributed by atoms with E-state index in [1.54, 1.807) is 19.1 Å². The van der Waals surface area contributed by atoms with Gasteiger partial charge < -0.3 is 15.0 Å². The van der Waals surface area contributed by atoms with E-state index in [4.69, 9.17) is 4.74 Å². The topological polar surface area (TPSA) is 58.6 Å². The number of anilines is 1. The van der Waals surface area contributed by atoms with Crippen LogP contribution in [0.3, 0.4) is 0 Å². The Balaban J connectivity index is 1.66. The lowest BCUT2D eigenvalue weighted by Gasteiger charge is -2.27. The maximum atomic E-state index is 12.9. The van der Waals surface area contributed by atoms with Gasteiger partial charge in [0.2, 0.25) is 0 Å². The smallest absolute Gasteiger partial charge is 0.265 e. The lowest BCUT2D eigenvalue weighted by molar-refractivity contribution is -0.122. The molecule has 1 N–H and O–H groups in total. The first-order valence-electron chi connectivity index (χ1n) is 10.0. The average molecular weight is 380 g/mol. The molecule has 1 aliphatic rings. The van der Waals surface area contributed by atoms with E-state index in [9.17, 15) is 9.59 Å². The highest BCUT2D eigenvalue weighted by molar-refractivity contribution is 6.04. The molecule has 5 heteroatoms. The van der Waals surface area contributed by atoms with E-state index in [0.29, 0.717) is 17.0 Å². The molecule has 28 heavy (non-hydrogen) atoms. The summed E-state index contributed by atoms with van der Waals surface area (Å²) < 4.78 is 5.76. The first-order valence-corrected chi connectivity index (χ1v) is 10.0. The van der Waals surface area contributed by atoms with Gasteiger partial charge in [0.1, 0.15) is 5.75 Å². The van der Waals surface area contributed by atoms with E-state index in [-0.39, 0.29) is 11.8 Å². The summed E-state index contributed by atoms with van der Waals surface area (Å²) in [6.07, 6.45) is 3.50. The number of nitrogens with one attached hydrogen (secondary N) is 1. The molecule has 0 saturated carbocycles.